The minimum atomic E-state index is -4.43. The molecule has 2 aromatic rings. The molecule has 0 radical (unpaired) electrons. The van der Waals surface area contributed by atoms with Crippen molar-refractivity contribution in [2.45, 2.75) is 33.5 Å². The van der Waals surface area contributed by atoms with E-state index in [0.717, 1.165) is 4.57 Å². The van der Waals surface area contributed by atoms with Gasteiger partial charge in [0, 0.05) is 23.9 Å². The predicted molar refractivity (Wildman–Crippen MR) is 98.9 cm³/mol. The highest BCUT2D eigenvalue weighted by Gasteiger charge is 2.30. The lowest BCUT2D eigenvalue weighted by atomic mass is 10.1. The maximum Gasteiger partial charge on any atom is 0.406 e. The molecule has 30 heavy (non-hydrogen) atoms. The summed E-state index contributed by atoms with van der Waals surface area (Å²) in [5.74, 6) is -1.83. The normalized spacial score (nSPS) is 11.2. The molecule has 0 N–H and O–H groups in total. The second-order valence-electron chi connectivity index (χ2n) is 6.44. The van der Waals surface area contributed by atoms with Gasteiger partial charge in [0.2, 0.25) is 5.78 Å². The van der Waals surface area contributed by atoms with Crippen LogP contribution in [-0.4, -0.2) is 42.2 Å². The zero-order chi connectivity index (χ0) is 22.6. The van der Waals surface area contributed by atoms with Gasteiger partial charge >= 0.3 is 18.1 Å². The Hall–Kier alpha value is -3.30. The Morgan fingerprint density at radius 2 is 1.73 bits per heavy atom. The number of hydrogen-bond donors (Lipinski definition) is 0. The lowest BCUT2D eigenvalue weighted by molar-refractivity contribution is -0.141. The number of carbonyl (C=O) groups is 3. The quantitative estimate of drug-likeness (QED) is 0.381. The molecule has 0 bridgehead atoms. The monoisotopic (exact) mass is 427 g/mol. The number of benzene rings is 1. The van der Waals surface area contributed by atoms with Gasteiger partial charge in [-0.3, -0.25) is 9.59 Å². The summed E-state index contributed by atoms with van der Waals surface area (Å²) in [5.41, 5.74) is 0.494. The van der Waals surface area contributed by atoms with Crippen LogP contribution < -0.4 is 9.47 Å². The minimum absolute atomic E-state index is 0.0399. The molecular weight excluding hydrogens is 407 g/mol. The van der Waals surface area contributed by atoms with E-state index in [1.165, 1.54) is 52.1 Å². The van der Waals surface area contributed by atoms with Crippen LogP contribution in [0.2, 0.25) is 0 Å². The molecule has 0 aliphatic carbocycles. The topological polar surface area (TPSA) is 83.8 Å². The van der Waals surface area contributed by atoms with Crippen LogP contribution in [0.25, 0.3) is 0 Å². The number of hydrogen-bond acceptors (Lipinski definition) is 6. The molecule has 1 aromatic carbocycles. The van der Waals surface area contributed by atoms with Gasteiger partial charge in [-0.2, -0.15) is 13.2 Å². The summed E-state index contributed by atoms with van der Waals surface area (Å²) in [5, 5.41) is 0. The molecule has 0 aliphatic rings. The summed E-state index contributed by atoms with van der Waals surface area (Å²) in [6, 6.07) is 5.26. The highest BCUT2D eigenvalue weighted by atomic mass is 19.4. The number of carbonyl (C=O) groups excluding carboxylic acids is 3. The first-order chi connectivity index (χ1) is 13.9. The van der Waals surface area contributed by atoms with Crippen LogP contribution in [0.4, 0.5) is 13.2 Å². The fourth-order valence-electron chi connectivity index (χ4n) is 2.83. The average molecular weight is 427 g/mol. The SMILES string of the molecule is COc1cc(C(=O)OCC(=O)c2cc(C)n(CC(F)(F)F)c2C)ccc1OC(C)=O. The predicted octanol–water partition coefficient (Wildman–Crippen LogP) is 3.64. The number of aromatic nitrogens is 1. The Morgan fingerprint density at radius 1 is 1.07 bits per heavy atom. The third-order valence-electron chi connectivity index (χ3n) is 4.20. The van der Waals surface area contributed by atoms with Crippen molar-refractivity contribution in [3.8, 4) is 11.5 Å². The van der Waals surface area contributed by atoms with Crippen molar-refractivity contribution < 1.29 is 41.8 Å². The Kier molecular flexibility index (Phi) is 6.91. The zero-order valence-corrected chi connectivity index (χ0v) is 16.8. The van der Waals surface area contributed by atoms with E-state index in [9.17, 15) is 27.6 Å². The summed E-state index contributed by atoms with van der Waals surface area (Å²) < 4.78 is 54.1. The number of methoxy groups -OCH3 is 1. The number of nitrogens with zero attached hydrogens (tertiary/aromatic N) is 1. The number of rotatable bonds is 7. The van der Waals surface area contributed by atoms with Crippen LogP contribution >= 0.6 is 0 Å². The van der Waals surface area contributed by atoms with Crippen LogP contribution in [-0.2, 0) is 16.1 Å². The Labute approximate surface area is 170 Å². The summed E-state index contributed by atoms with van der Waals surface area (Å²) in [6.45, 7) is 2.19. The summed E-state index contributed by atoms with van der Waals surface area (Å²) >= 11 is 0. The van der Waals surface area contributed by atoms with Crippen LogP contribution in [0.3, 0.4) is 0 Å². The lowest BCUT2D eigenvalue weighted by Crippen LogP contribution is -2.20. The van der Waals surface area contributed by atoms with E-state index in [1.54, 1.807) is 0 Å². The third kappa shape index (κ3) is 5.62. The van der Waals surface area contributed by atoms with E-state index < -0.39 is 37.0 Å². The third-order valence-corrected chi connectivity index (χ3v) is 4.20. The smallest absolute Gasteiger partial charge is 0.406 e. The van der Waals surface area contributed by atoms with E-state index in [0.29, 0.717) is 0 Å². The molecule has 10 heteroatoms. The van der Waals surface area contributed by atoms with E-state index in [-0.39, 0.29) is 34.0 Å². The molecule has 0 saturated heterocycles. The first-order valence-corrected chi connectivity index (χ1v) is 8.73. The molecule has 0 saturated carbocycles. The number of halogens is 3. The van der Waals surface area contributed by atoms with Crippen molar-refractivity contribution in [2.24, 2.45) is 0 Å². The van der Waals surface area contributed by atoms with Crippen LogP contribution in [0.1, 0.15) is 39.0 Å². The first-order valence-electron chi connectivity index (χ1n) is 8.73. The van der Waals surface area contributed by atoms with Crippen LogP contribution in [0, 0.1) is 13.8 Å². The van der Waals surface area contributed by atoms with Crippen molar-refractivity contribution in [1.29, 1.82) is 0 Å². The van der Waals surface area contributed by atoms with Crippen LogP contribution in [0.15, 0.2) is 24.3 Å². The van der Waals surface area contributed by atoms with Crippen molar-refractivity contribution in [3.63, 3.8) is 0 Å². The first kappa shape index (κ1) is 23.0. The van der Waals surface area contributed by atoms with Gasteiger partial charge in [0.1, 0.15) is 6.54 Å². The van der Waals surface area contributed by atoms with E-state index in [2.05, 4.69) is 0 Å². The van der Waals surface area contributed by atoms with Gasteiger partial charge in [-0.05, 0) is 38.1 Å². The standard InChI is InChI=1S/C20H20F3NO6/c1-11-7-15(12(2)24(11)10-20(21,22)23)16(26)9-29-19(27)14-5-6-17(30-13(3)25)18(8-14)28-4/h5-8H,9-10H2,1-4H3. The number of ketones is 1. The van der Waals surface area contributed by atoms with Gasteiger partial charge in [-0.1, -0.05) is 0 Å². The summed E-state index contributed by atoms with van der Waals surface area (Å²) in [4.78, 5) is 35.7. The highest BCUT2D eigenvalue weighted by molar-refractivity contribution is 6.00. The van der Waals surface area contributed by atoms with Gasteiger partial charge in [0.05, 0.1) is 12.7 Å². The largest absolute Gasteiger partial charge is 0.493 e. The van der Waals surface area contributed by atoms with Gasteiger partial charge in [0.25, 0.3) is 0 Å². The fourth-order valence-corrected chi connectivity index (χ4v) is 2.83. The number of Topliss-reactive ketones (excluding diaryl/α,β-unsaturated/α-hetero) is 1. The molecule has 2 rings (SSSR count). The summed E-state index contributed by atoms with van der Waals surface area (Å²) in [7, 11) is 1.32. The minimum Gasteiger partial charge on any atom is -0.493 e. The van der Waals surface area contributed by atoms with Crippen molar-refractivity contribution in [3.05, 3.63) is 46.8 Å². The number of aryl methyl sites for hydroxylation is 1. The second kappa shape index (κ2) is 9.02. The van der Waals surface area contributed by atoms with Crippen molar-refractivity contribution >= 4 is 17.7 Å². The molecule has 0 fully saturated rings. The molecule has 162 valence electrons. The molecule has 0 unspecified atom stereocenters. The molecule has 7 nitrogen and oxygen atoms in total. The Balaban J connectivity index is 2.11. The Bertz CT molecular complexity index is 978. The molecule has 0 atom stereocenters. The van der Waals surface area contributed by atoms with E-state index >= 15 is 0 Å². The Morgan fingerprint density at radius 3 is 2.30 bits per heavy atom. The zero-order valence-electron chi connectivity index (χ0n) is 16.8. The number of alkyl halides is 3. The van der Waals surface area contributed by atoms with Crippen LogP contribution in [0.5, 0.6) is 11.5 Å². The fraction of sp³-hybridized carbons (Fsp3) is 0.350. The van der Waals surface area contributed by atoms with E-state index in [1.807, 2.05) is 0 Å². The molecule has 1 heterocycles. The second-order valence-corrected chi connectivity index (χ2v) is 6.44. The highest BCUT2D eigenvalue weighted by Crippen LogP contribution is 2.28. The molecule has 0 amide bonds. The molecule has 0 spiro atoms. The van der Waals surface area contributed by atoms with Gasteiger partial charge in [-0.25, -0.2) is 4.79 Å². The van der Waals surface area contributed by atoms with Crippen molar-refractivity contribution in [2.75, 3.05) is 13.7 Å². The van der Waals surface area contributed by atoms with E-state index in [4.69, 9.17) is 14.2 Å². The number of esters is 2. The van der Waals surface area contributed by atoms with Gasteiger partial charge in [0.15, 0.2) is 18.1 Å². The lowest BCUT2D eigenvalue weighted by Gasteiger charge is -2.12. The number of ether oxygens (including phenoxy) is 3. The molecular formula is C20H20F3NO6. The molecule has 0 aliphatic heterocycles. The maximum atomic E-state index is 12.7. The van der Waals surface area contributed by atoms with Crippen molar-refractivity contribution in [1.82, 2.24) is 4.57 Å². The molecule has 1 aromatic heterocycles. The average Bonchev–Trinajstić information content (AvgIpc) is 2.92. The van der Waals surface area contributed by atoms with Gasteiger partial charge in [-0.15, -0.1) is 0 Å². The maximum absolute atomic E-state index is 12.7. The summed E-state index contributed by atoms with van der Waals surface area (Å²) in [6.07, 6.45) is -4.43. The van der Waals surface area contributed by atoms with Gasteiger partial charge < -0.3 is 18.8 Å².